The van der Waals surface area contributed by atoms with Crippen LogP contribution in [-0.4, -0.2) is 24.5 Å². The second-order valence-electron chi connectivity index (χ2n) is 3.30. The number of thioether (sulfide) groups is 1. The molecule has 0 aliphatic carbocycles. The summed E-state index contributed by atoms with van der Waals surface area (Å²) in [5, 5.41) is 3.65. The Balaban J connectivity index is 2.27. The molecule has 0 spiro atoms. The fraction of sp³-hybridized carbons (Fsp3) is 0.167. The average molecular weight is 249 g/mol. The molecule has 0 N–H and O–H groups in total. The summed E-state index contributed by atoms with van der Waals surface area (Å²) in [5.41, 5.74) is 1.06. The lowest BCUT2D eigenvalue weighted by atomic mass is 10.1. The van der Waals surface area contributed by atoms with Crippen molar-refractivity contribution in [2.45, 2.75) is 4.90 Å². The molecule has 0 atom stereocenters. The number of rotatable bonds is 3. The van der Waals surface area contributed by atoms with Gasteiger partial charge in [-0.15, -0.1) is 11.8 Å². The Kier molecular flexibility index (Phi) is 3.49. The number of methoxy groups -OCH3 is 1. The lowest BCUT2D eigenvalue weighted by Crippen LogP contribution is -2.00. The van der Waals surface area contributed by atoms with Crippen LogP contribution < -0.4 is 0 Å². The van der Waals surface area contributed by atoms with Crippen LogP contribution in [0.15, 0.2) is 39.8 Å². The quantitative estimate of drug-likeness (QED) is 0.618. The average Bonchev–Trinajstić information content (AvgIpc) is 2.87. The van der Waals surface area contributed by atoms with Gasteiger partial charge in [0, 0.05) is 16.5 Å². The third-order valence-corrected chi connectivity index (χ3v) is 3.02. The van der Waals surface area contributed by atoms with Crippen LogP contribution in [0, 0.1) is 0 Å². The van der Waals surface area contributed by atoms with Gasteiger partial charge < -0.3 is 9.26 Å². The molecule has 1 aromatic heterocycles. The van der Waals surface area contributed by atoms with Crippen LogP contribution in [0.5, 0.6) is 0 Å². The van der Waals surface area contributed by atoms with Crippen LogP contribution in [0.25, 0.3) is 11.3 Å². The number of aromatic nitrogens is 1. The first-order chi connectivity index (χ1) is 8.24. The normalized spacial score (nSPS) is 10.2. The van der Waals surface area contributed by atoms with Crippen LogP contribution in [0.4, 0.5) is 0 Å². The maximum atomic E-state index is 11.2. The monoisotopic (exact) mass is 249 g/mol. The Hall–Kier alpha value is -1.75. The van der Waals surface area contributed by atoms with Gasteiger partial charge in [0.15, 0.2) is 11.5 Å². The van der Waals surface area contributed by atoms with Crippen LogP contribution >= 0.6 is 11.8 Å². The minimum absolute atomic E-state index is 0.177. The van der Waals surface area contributed by atoms with Crippen molar-refractivity contribution in [2.24, 2.45) is 0 Å². The molecule has 2 rings (SSSR count). The predicted molar refractivity (Wildman–Crippen MR) is 65.1 cm³/mol. The van der Waals surface area contributed by atoms with Gasteiger partial charge in [0.1, 0.15) is 0 Å². The van der Waals surface area contributed by atoms with Gasteiger partial charge in [-0.1, -0.05) is 17.3 Å². The van der Waals surface area contributed by atoms with E-state index < -0.39 is 5.97 Å². The van der Waals surface area contributed by atoms with E-state index in [1.165, 1.54) is 12.0 Å². The van der Waals surface area contributed by atoms with E-state index in [0.29, 0.717) is 5.76 Å². The summed E-state index contributed by atoms with van der Waals surface area (Å²) >= 11 is 1.67. The Morgan fingerprint density at radius 3 is 2.65 bits per heavy atom. The SMILES string of the molecule is COC(=O)c1cc(-c2ccc(SC)cc2)on1. The number of carbonyl (C=O) groups is 1. The van der Waals surface area contributed by atoms with Gasteiger partial charge in [0.2, 0.25) is 0 Å². The molecule has 88 valence electrons. The summed E-state index contributed by atoms with van der Waals surface area (Å²) in [6.07, 6.45) is 2.01. The summed E-state index contributed by atoms with van der Waals surface area (Å²) < 4.78 is 9.65. The Bertz CT molecular complexity index is 519. The van der Waals surface area contributed by atoms with Crippen molar-refractivity contribution in [3.63, 3.8) is 0 Å². The molecule has 0 saturated heterocycles. The molecule has 1 heterocycles. The zero-order valence-electron chi connectivity index (χ0n) is 9.47. The molecular weight excluding hydrogens is 238 g/mol. The van der Waals surface area contributed by atoms with Gasteiger partial charge in [-0.2, -0.15) is 0 Å². The number of hydrogen-bond acceptors (Lipinski definition) is 5. The summed E-state index contributed by atoms with van der Waals surface area (Å²) in [4.78, 5) is 12.4. The van der Waals surface area contributed by atoms with E-state index in [9.17, 15) is 4.79 Å². The Morgan fingerprint density at radius 2 is 2.06 bits per heavy atom. The topological polar surface area (TPSA) is 52.3 Å². The molecule has 4 nitrogen and oxygen atoms in total. The minimum atomic E-state index is -0.499. The van der Waals surface area contributed by atoms with E-state index in [1.54, 1.807) is 17.8 Å². The molecule has 0 radical (unpaired) electrons. The Morgan fingerprint density at radius 1 is 1.35 bits per heavy atom. The highest BCUT2D eigenvalue weighted by molar-refractivity contribution is 7.98. The van der Waals surface area contributed by atoms with E-state index >= 15 is 0 Å². The second kappa shape index (κ2) is 5.05. The summed E-state index contributed by atoms with van der Waals surface area (Å²) in [7, 11) is 1.31. The molecule has 0 amide bonds. The molecule has 0 aliphatic rings. The molecule has 0 aliphatic heterocycles. The standard InChI is InChI=1S/C12H11NO3S/c1-15-12(14)10-7-11(16-13-10)8-3-5-9(17-2)6-4-8/h3-7H,1-2H3. The van der Waals surface area contributed by atoms with Gasteiger partial charge in [-0.25, -0.2) is 4.79 Å². The first-order valence-corrected chi connectivity index (χ1v) is 6.16. The van der Waals surface area contributed by atoms with Crippen LogP contribution in [0.1, 0.15) is 10.5 Å². The van der Waals surface area contributed by atoms with Crippen LogP contribution in [0.2, 0.25) is 0 Å². The highest BCUT2D eigenvalue weighted by atomic mass is 32.2. The maximum absolute atomic E-state index is 11.2. The molecule has 0 unspecified atom stereocenters. The lowest BCUT2D eigenvalue weighted by molar-refractivity contribution is 0.0589. The van der Waals surface area contributed by atoms with Crippen molar-refractivity contribution in [3.05, 3.63) is 36.0 Å². The first-order valence-electron chi connectivity index (χ1n) is 4.94. The van der Waals surface area contributed by atoms with E-state index in [1.807, 2.05) is 30.5 Å². The molecule has 5 heteroatoms. The van der Waals surface area contributed by atoms with Crippen molar-refractivity contribution in [1.29, 1.82) is 0 Å². The van der Waals surface area contributed by atoms with Crippen LogP contribution in [-0.2, 0) is 4.74 Å². The van der Waals surface area contributed by atoms with Gasteiger partial charge in [0.05, 0.1) is 7.11 Å². The highest BCUT2D eigenvalue weighted by Crippen LogP contribution is 2.23. The summed E-state index contributed by atoms with van der Waals surface area (Å²) in [6.45, 7) is 0. The van der Waals surface area contributed by atoms with Gasteiger partial charge in [-0.05, 0) is 18.4 Å². The zero-order valence-corrected chi connectivity index (χ0v) is 10.3. The number of carbonyl (C=O) groups excluding carboxylic acids is 1. The van der Waals surface area contributed by atoms with Gasteiger partial charge in [0.25, 0.3) is 0 Å². The molecular formula is C12H11NO3S. The number of nitrogens with zero attached hydrogens (tertiary/aromatic N) is 1. The number of ether oxygens (including phenoxy) is 1. The Labute approximate surface area is 103 Å². The lowest BCUT2D eigenvalue weighted by Gasteiger charge is -1.97. The summed E-state index contributed by atoms with van der Waals surface area (Å²) in [5.74, 6) is 0.0544. The molecule has 1 aromatic carbocycles. The van der Waals surface area contributed by atoms with Gasteiger partial charge >= 0.3 is 5.97 Å². The van der Waals surface area contributed by atoms with E-state index in [-0.39, 0.29) is 5.69 Å². The van der Waals surface area contributed by atoms with Gasteiger partial charge in [-0.3, -0.25) is 0 Å². The van der Waals surface area contributed by atoms with Crippen molar-refractivity contribution >= 4 is 17.7 Å². The molecule has 0 saturated carbocycles. The zero-order chi connectivity index (χ0) is 12.3. The van der Waals surface area contributed by atoms with E-state index in [4.69, 9.17) is 4.52 Å². The molecule has 2 aromatic rings. The smallest absolute Gasteiger partial charge is 0.360 e. The van der Waals surface area contributed by atoms with Crippen molar-refractivity contribution in [3.8, 4) is 11.3 Å². The van der Waals surface area contributed by atoms with Crippen molar-refractivity contribution in [2.75, 3.05) is 13.4 Å². The largest absolute Gasteiger partial charge is 0.464 e. The fourth-order valence-electron chi connectivity index (χ4n) is 1.37. The molecule has 0 fully saturated rings. The highest BCUT2D eigenvalue weighted by Gasteiger charge is 2.13. The van der Waals surface area contributed by atoms with Crippen LogP contribution in [0.3, 0.4) is 0 Å². The fourth-order valence-corrected chi connectivity index (χ4v) is 1.78. The number of esters is 1. The third-order valence-electron chi connectivity index (χ3n) is 2.28. The number of hydrogen-bond donors (Lipinski definition) is 0. The van der Waals surface area contributed by atoms with E-state index in [0.717, 1.165) is 5.56 Å². The second-order valence-corrected chi connectivity index (χ2v) is 4.18. The molecule has 17 heavy (non-hydrogen) atoms. The van der Waals surface area contributed by atoms with Crippen molar-refractivity contribution in [1.82, 2.24) is 5.16 Å². The van der Waals surface area contributed by atoms with E-state index in [2.05, 4.69) is 9.89 Å². The first kappa shape index (κ1) is 11.7. The number of benzene rings is 1. The minimum Gasteiger partial charge on any atom is -0.464 e. The molecule has 0 bridgehead atoms. The third kappa shape index (κ3) is 2.50. The predicted octanol–water partition coefficient (Wildman–Crippen LogP) is 2.85. The van der Waals surface area contributed by atoms with Crippen molar-refractivity contribution < 1.29 is 14.1 Å². The maximum Gasteiger partial charge on any atom is 0.360 e. The summed E-state index contributed by atoms with van der Waals surface area (Å²) in [6, 6.07) is 9.39.